The SMILES string of the molecule is CC1(C)CCCC1n1c(=O)[nH]c2cccc(C(=O)O)c21. The van der Waals surface area contributed by atoms with Gasteiger partial charge in [0.25, 0.3) is 0 Å². The van der Waals surface area contributed by atoms with E-state index in [0.717, 1.165) is 19.3 Å². The molecule has 106 valence electrons. The number of aromatic carboxylic acids is 1. The average molecular weight is 274 g/mol. The van der Waals surface area contributed by atoms with Crippen LogP contribution in [-0.2, 0) is 0 Å². The summed E-state index contributed by atoms with van der Waals surface area (Å²) in [5.41, 5.74) is 1.09. The number of fused-ring (bicyclic) bond motifs is 1. The van der Waals surface area contributed by atoms with Crippen molar-refractivity contribution in [2.24, 2.45) is 5.41 Å². The summed E-state index contributed by atoms with van der Waals surface area (Å²) >= 11 is 0. The fourth-order valence-electron chi connectivity index (χ4n) is 3.44. The van der Waals surface area contributed by atoms with Gasteiger partial charge in [0.05, 0.1) is 16.6 Å². The van der Waals surface area contributed by atoms with Crippen molar-refractivity contribution in [2.45, 2.75) is 39.2 Å². The molecule has 3 rings (SSSR count). The molecule has 1 aromatic carbocycles. The zero-order valence-corrected chi connectivity index (χ0v) is 11.6. The standard InChI is InChI=1S/C15H18N2O3/c1-15(2)8-4-7-11(15)17-12-9(13(18)19)5-3-6-10(12)16-14(17)20/h3,5-6,11H,4,7-8H2,1-2H3,(H,16,20)(H,18,19). The topological polar surface area (TPSA) is 75.1 Å². The van der Waals surface area contributed by atoms with Gasteiger partial charge in [-0.3, -0.25) is 4.57 Å². The average Bonchev–Trinajstić information content (AvgIpc) is 2.86. The number of H-pyrrole nitrogens is 1. The smallest absolute Gasteiger partial charge is 0.337 e. The molecule has 1 aromatic heterocycles. The maximum atomic E-state index is 12.3. The van der Waals surface area contributed by atoms with Gasteiger partial charge in [-0.05, 0) is 30.4 Å². The lowest BCUT2D eigenvalue weighted by molar-refractivity contribution is 0.0698. The van der Waals surface area contributed by atoms with Crippen molar-refractivity contribution in [1.82, 2.24) is 9.55 Å². The first-order chi connectivity index (χ1) is 9.42. The molecule has 0 bridgehead atoms. The van der Waals surface area contributed by atoms with Gasteiger partial charge in [-0.15, -0.1) is 0 Å². The van der Waals surface area contributed by atoms with Crippen LogP contribution in [0.15, 0.2) is 23.0 Å². The third-order valence-electron chi connectivity index (χ3n) is 4.48. The van der Waals surface area contributed by atoms with Crippen LogP contribution >= 0.6 is 0 Å². The lowest BCUT2D eigenvalue weighted by Gasteiger charge is -2.28. The van der Waals surface area contributed by atoms with Gasteiger partial charge >= 0.3 is 11.7 Å². The van der Waals surface area contributed by atoms with Gasteiger partial charge in [0, 0.05) is 6.04 Å². The summed E-state index contributed by atoms with van der Waals surface area (Å²) in [6.45, 7) is 4.28. The first-order valence-electron chi connectivity index (χ1n) is 6.88. The normalized spacial score (nSPS) is 21.4. The number of para-hydroxylation sites is 1. The molecular weight excluding hydrogens is 256 g/mol. The number of rotatable bonds is 2. The number of benzene rings is 1. The molecule has 5 nitrogen and oxygen atoms in total. The molecule has 2 aromatic rings. The Kier molecular flexibility index (Phi) is 2.74. The van der Waals surface area contributed by atoms with E-state index >= 15 is 0 Å². The Balaban J connectivity index is 2.33. The Labute approximate surface area is 116 Å². The molecule has 1 heterocycles. The predicted octanol–water partition coefficient (Wildman–Crippen LogP) is 2.78. The van der Waals surface area contributed by atoms with E-state index in [4.69, 9.17) is 0 Å². The Morgan fingerprint density at radius 1 is 1.45 bits per heavy atom. The van der Waals surface area contributed by atoms with Crippen LogP contribution in [0.5, 0.6) is 0 Å². The highest BCUT2D eigenvalue weighted by atomic mass is 16.4. The number of imidazole rings is 1. The molecule has 2 N–H and O–H groups in total. The number of hydrogen-bond acceptors (Lipinski definition) is 2. The Hall–Kier alpha value is -2.04. The highest BCUT2D eigenvalue weighted by Crippen LogP contribution is 2.46. The molecule has 1 saturated carbocycles. The first-order valence-corrected chi connectivity index (χ1v) is 6.88. The van der Waals surface area contributed by atoms with E-state index in [0.29, 0.717) is 11.0 Å². The van der Waals surface area contributed by atoms with Gasteiger partial charge in [-0.25, -0.2) is 9.59 Å². The van der Waals surface area contributed by atoms with E-state index in [-0.39, 0.29) is 22.7 Å². The number of nitrogens with one attached hydrogen (secondary N) is 1. The number of carboxylic acid groups (broad SMARTS) is 1. The van der Waals surface area contributed by atoms with Gasteiger partial charge in [0.15, 0.2) is 0 Å². The zero-order chi connectivity index (χ0) is 14.5. The minimum absolute atomic E-state index is 0.00453. The van der Waals surface area contributed by atoms with Crippen LogP contribution in [0, 0.1) is 5.41 Å². The summed E-state index contributed by atoms with van der Waals surface area (Å²) in [6, 6.07) is 5.01. The summed E-state index contributed by atoms with van der Waals surface area (Å²) in [4.78, 5) is 26.5. The molecule has 0 saturated heterocycles. The highest BCUT2D eigenvalue weighted by molar-refractivity contribution is 6.01. The highest BCUT2D eigenvalue weighted by Gasteiger charge is 2.38. The van der Waals surface area contributed by atoms with Gasteiger partial charge < -0.3 is 10.1 Å². The van der Waals surface area contributed by atoms with E-state index in [1.165, 1.54) is 0 Å². The van der Waals surface area contributed by atoms with Crippen LogP contribution in [0.25, 0.3) is 11.0 Å². The molecule has 1 unspecified atom stereocenters. The molecule has 1 aliphatic carbocycles. The quantitative estimate of drug-likeness (QED) is 0.884. The molecule has 0 spiro atoms. The van der Waals surface area contributed by atoms with Crippen molar-refractivity contribution in [1.29, 1.82) is 0 Å². The van der Waals surface area contributed by atoms with Gasteiger partial charge in [-0.1, -0.05) is 26.3 Å². The van der Waals surface area contributed by atoms with E-state index in [9.17, 15) is 14.7 Å². The molecule has 0 amide bonds. The predicted molar refractivity (Wildman–Crippen MR) is 76.2 cm³/mol. The van der Waals surface area contributed by atoms with Crippen molar-refractivity contribution in [3.8, 4) is 0 Å². The van der Waals surface area contributed by atoms with Crippen molar-refractivity contribution in [3.63, 3.8) is 0 Å². The van der Waals surface area contributed by atoms with Gasteiger partial charge in [-0.2, -0.15) is 0 Å². The molecule has 0 radical (unpaired) electrons. The number of aromatic nitrogens is 2. The minimum Gasteiger partial charge on any atom is -0.478 e. The van der Waals surface area contributed by atoms with Crippen molar-refractivity contribution < 1.29 is 9.90 Å². The van der Waals surface area contributed by atoms with Crippen LogP contribution in [0.1, 0.15) is 49.5 Å². The second-order valence-corrected chi connectivity index (χ2v) is 6.20. The van der Waals surface area contributed by atoms with Crippen LogP contribution in [0.2, 0.25) is 0 Å². The van der Waals surface area contributed by atoms with Crippen LogP contribution < -0.4 is 5.69 Å². The molecule has 0 aliphatic heterocycles. The van der Waals surface area contributed by atoms with Gasteiger partial charge in [0.2, 0.25) is 0 Å². The fraction of sp³-hybridized carbons (Fsp3) is 0.467. The Bertz CT molecular complexity index is 739. The number of nitrogens with zero attached hydrogens (tertiary/aromatic N) is 1. The van der Waals surface area contributed by atoms with Crippen molar-refractivity contribution >= 4 is 17.0 Å². The maximum absolute atomic E-state index is 12.3. The number of carbonyl (C=O) groups is 1. The van der Waals surface area contributed by atoms with Crippen LogP contribution in [-0.4, -0.2) is 20.6 Å². The number of hydrogen-bond donors (Lipinski definition) is 2. The molecule has 1 aliphatic rings. The second kappa shape index (κ2) is 4.23. The van der Waals surface area contributed by atoms with Crippen molar-refractivity contribution in [3.05, 3.63) is 34.2 Å². The summed E-state index contributed by atoms with van der Waals surface area (Å²) in [5.74, 6) is -1.00. The van der Waals surface area contributed by atoms with Crippen LogP contribution in [0.4, 0.5) is 0 Å². The monoisotopic (exact) mass is 274 g/mol. The summed E-state index contributed by atoms with van der Waals surface area (Å²) in [6.07, 6.45) is 3.02. The Morgan fingerprint density at radius 2 is 2.20 bits per heavy atom. The number of aromatic amines is 1. The van der Waals surface area contributed by atoms with Gasteiger partial charge in [0.1, 0.15) is 0 Å². The molecule has 1 fully saturated rings. The van der Waals surface area contributed by atoms with Crippen LogP contribution in [0.3, 0.4) is 0 Å². The van der Waals surface area contributed by atoms with Crippen molar-refractivity contribution in [2.75, 3.05) is 0 Å². The van der Waals surface area contributed by atoms with E-state index < -0.39 is 5.97 Å². The lowest BCUT2D eigenvalue weighted by atomic mass is 9.87. The van der Waals surface area contributed by atoms with E-state index in [1.807, 2.05) is 0 Å². The summed E-state index contributed by atoms with van der Waals surface area (Å²) in [5, 5.41) is 9.36. The van der Waals surface area contributed by atoms with E-state index in [2.05, 4.69) is 18.8 Å². The molecule has 1 atom stereocenters. The van der Waals surface area contributed by atoms with E-state index in [1.54, 1.807) is 22.8 Å². The first kappa shape index (κ1) is 13.0. The largest absolute Gasteiger partial charge is 0.478 e. The summed E-state index contributed by atoms with van der Waals surface area (Å²) < 4.78 is 1.66. The maximum Gasteiger partial charge on any atom is 0.337 e. The third-order valence-corrected chi connectivity index (χ3v) is 4.48. The third kappa shape index (κ3) is 1.77. The number of carboxylic acids is 1. The lowest BCUT2D eigenvalue weighted by Crippen LogP contribution is -2.29. The zero-order valence-electron chi connectivity index (χ0n) is 11.6. The summed E-state index contributed by atoms with van der Waals surface area (Å²) in [7, 11) is 0. The minimum atomic E-state index is -1.00. The molecule has 20 heavy (non-hydrogen) atoms. The fourth-order valence-corrected chi connectivity index (χ4v) is 3.44. The second-order valence-electron chi connectivity index (χ2n) is 6.20. The molecular formula is C15H18N2O3. The molecule has 5 heteroatoms. The Morgan fingerprint density at radius 3 is 2.80 bits per heavy atom.